The Balaban J connectivity index is 0. The third kappa shape index (κ3) is 15.9. The Labute approximate surface area is 175 Å². The van der Waals surface area contributed by atoms with E-state index in [0.29, 0.717) is 5.92 Å². The van der Waals surface area contributed by atoms with Gasteiger partial charge in [-0.05, 0) is 43.7 Å². The summed E-state index contributed by atoms with van der Waals surface area (Å²) in [6.45, 7) is 13.4. The number of aliphatic hydroxyl groups is 1. The van der Waals surface area contributed by atoms with E-state index in [0.717, 1.165) is 18.4 Å². The van der Waals surface area contributed by atoms with Crippen molar-refractivity contribution < 1.29 is 17.7 Å². The minimum Gasteiger partial charge on any atom is -0.396 e. The maximum absolute atomic E-state index is 11.8. The zero-order valence-corrected chi connectivity index (χ0v) is 18.7. The van der Waals surface area contributed by atoms with E-state index in [9.17, 15) is 8.42 Å². The molecule has 0 aliphatic heterocycles. The third-order valence-electron chi connectivity index (χ3n) is 3.27. The van der Waals surface area contributed by atoms with E-state index < -0.39 is 10.1 Å². The molecule has 1 N–H and O–H groups in total. The first-order valence-corrected chi connectivity index (χ1v) is 11.1. The van der Waals surface area contributed by atoms with Crippen molar-refractivity contribution in [3.05, 3.63) is 55.1 Å². The summed E-state index contributed by atoms with van der Waals surface area (Å²) in [6.07, 6.45) is 5.23. The van der Waals surface area contributed by atoms with Crippen molar-refractivity contribution in [2.75, 3.05) is 18.6 Å². The maximum Gasteiger partial charge on any atom is 0.296 e. The lowest BCUT2D eigenvalue weighted by Crippen LogP contribution is -2.12. The van der Waals surface area contributed by atoms with Gasteiger partial charge in [-0.3, -0.25) is 4.18 Å². The number of hydrogen-bond donors (Lipinski definition) is 1. The highest BCUT2D eigenvalue weighted by molar-refractivity contribution is 7.86. The van der Waals surface area contributed by atoms with E-state index in [-0.39, 0.29) is 29.4 Å². The van der Waals surface area contributed by atoms with Gasteiger partial charge in [-0.2, -0.15) is 8.42 Å². The van der Waals surface area contributed by atoms with E-state index in [4.69, 9.17) is 32.5 Å². The van der Waals surface area contributed by atoms with Crippen LogP contribution in [0.4, 0.5) is 0 Å². The summed E-state index contributed by atoms with van der Waals surface area (Å²) in [6, 6.07) is 6.62. The fourth-order valence-electron chi connectivity index (χ4n) is 1.69. The van der Waals surface area contributed by atoms with Crippen LogP contribution in [0.5, 0.6) is 0 Å². The van der Waals surface area contributed by atoms with Gasteiger partial charge in [0.25, 0.3) is 10.1 Å². The molecule has 1 aromatic rings. The Hall–Kier alpha value is -0.850. The summed E-state index contributed by atoms with van der Waals surface area (Å²) in [5, 5.41) is 8.61. The van der Waals surface area contributed by atoms with Gasteiger partial charge < -0.3 is 5.11 Å². The van der Waals surface area contributed by atoms with E-state index in [1.807, 2.05) is 26.8 Å². The molecule has 0 aliphatic rings. The highest BCUT2D eigenvalue weighted by Crippen LogP contribution is 2.15. The molecule has 0 unspecified atom stereocenters. The van der Waals surface area contributed by atoms with Crippen LogP contribution in [0.25, 0.3) is 0 Å². The van der Waals surface area contributed by atoms with Gasteiger partial charge in [0.2, 0.25) is 0 Å². The Kier molecular flexibility index (Phi) is 18.1. The molecule has 7 heteroatoms. The molecule has 0 aromatic heterocycles. The molecule has 0 bridgehead atoms. The smallest absolute Gasteiger partial charge is 0.296 e. The van der Waals surface area contributed by atoms with Crippen LogP contribution in [-0.4, -0.2) is 32.1 Å². The minimum atomic E-state index is -3.62. The Morgan fingerprint density at radius 2 is 1.52 bits per heavy atom. The molecule has 0 saturated carbocycles. The largest absolute Gasteiger partial charge is 0.396 e. The quantitative estimate of drug-likeness (QED) is 0.312. The van der Waals surface area contributed by atoms with Crippen molar-refractivity contribution in [3.8, 4) is 0 Å². The lowest BCUT2D eigenvalue weighted by molar-refractivity contribution is 0.239. The molecule has 0 fully saturated rings. The van der Waals surface area contributed by atoms with Crippen molar-refractivity contribution in [1.29, 1.82) is 0 Å². The van der Waals surface area contributed by atoms with Crippen LogP contribution in [0, 0.1) is 18.8 Å². The van der Waals surface area contributed by atoms with Crippen LogP contribution >= 0.6 is 23.2 Å². The summed E-state index contributed by atoms with van der Waals surface area (Å²) >= 11 is 9.53. The van der Waals surface area contributed by atoms with Crippen molar-refractivity contribution >= 4 is 33.3 Å². The van der Waals surface area contributed by atoms with Crippen LogP contribution in [0.1, 0.15) is 32.3 Å². The molecule has 2 atom stereocenters. The van der Waals surface area contributed by atoms with Gasteiger partial charge in [-0.15, -0.1) is 36.4 Å². The van der Waals surface area contributed by atoms with Crippen LogP contribution in [0.2, 0.25) is 0 Å². The summed E-state index contributed by atoms with van der Waals surface area (Å²) in [7, 11) is -3.62. The van der Waals surface area contributed by atoms with E-state index in [1.165, 1.54) is 0 Å². The summed E-state index contributed by atoms with van der Waals surface area (Å²) < 4.78 is 28.6. The van der Waals surface area contributed by atoms with Crippen molar-refractivity contribution in [2.24, 2.45) is 11.8 Å². The van der Waals surface area contributed by atoms with E-state index in [1.54, 1.807) is 30.3 Å². The Morgan fingerprint density at radius 1 is 1.07 bits per heavy atom. The molecule has 0 radical (unpaired) electrons. The molecule has 0 heterocycles. The van der Waals surface area contributed by atoms with Crippen molar-refractivity contribution in [3.63, 3.8) is 0 Å². The molecule has 0 aliphatic carbocycles. The highest BCUT2D eigenvalue weighted by atomic mass is 35.5. The highest BCUT2D eigenvalue weighted by Gasteiger charge is 2.15. The standard InChI is InChI=1S/C13H18O3S.C6H12O.CH2Cl2/c1-4-5-12(3)10-16-17(14,15)13-8-6-11(2)7-9-13;1-3-4-6(2)5-7;2-1-3/h4,6-9,12H,1,5,10H2,2-3H3;3,6-7H,1,4-5H2,2H3;1H2/t12-;6-;/m00./s1. The minimum absolute atomic E-state index is 0.146. The molecule has 0 amide bonds. The molecule has 0 spiro atoms. The summed E-state index contributed by atoms with van der Waals surface area (Å²) in [5.74, 6) is 0.533. The lowest BCUT2D eigenvalue weighted by Gasteiger charge is -2.10. The van der Waals surface area contributed by atoms with Crippen LogP contribution < -0.4 is 0 Å². The lowest BCUT2D eigenvalue weighted by atomic mass is 10.1. The van der Waals surface area contributed by atoms with Gasteiger partial charge in [0.15, 0.2) is 0 Å². The van der Waals surface area contributed by atoms with Gasteiger partial charge in [0.05, 0.1) is 16.8 Å². The van der Waals surface area contributed by atoms with Gasteiger partial charge in [0, 0.05) is 6.61 Å². The second-order valence-electron chi connectivity index (χ2n) is 6.09. The first-order valence-electron chi connectivity index (χ1n) is 8.59. The molecule has 27 heavy (non-hydrogen) atoms. The number of allylic oxidation sites excluding steroid dienone is 2. The van der Waals surface area contributed by atoms with Crippen LogP contribution in [-0.2, 0) is 14.3 Å². The number of hydrogen-bond acceptors (Lipinski definition) is 4. The average molecular weight is 439 g/mol. The fraction of sp³-hybridized carbons (Fsp3) is 0.500. The second kappa shape index (κ2) is 17.3. The van der Waals surface area contributed by atoms with Gasteiger partial charge in [-0.25, -0.2) is 0 Å². The molecular weight excluding hydrogens is 407 g/mol. The molecule has 1 aromatic carbocycles. The van der Waals surface area contributed by atoms with Gasteiger partial charge in [0.1, 0.15) is 0 Å². The monoisotopic (exact) mass is 438 g/mol. The van der Waals surface area contributed by atoms with E-state index >= 15 is 0 Å². The average Bonchev–Trinajstić information content (AvgIpc) is 2.62. The third-order valence-corrected chi connectivity index (χ3v) is 4.56. The molecule has 1 rings (SSSR count). The topological polar surface area (TPSA) is 63.6 Å². The van der Waals surface area contributed by atoms with Crippen molar-refractivity contribution in [1.82, 2.24) is 0 Å². The SMILES string of the molecule is C=CC[C@H](C)CO.C=CC[C@H](C)COS(=O)(=O)c1ccc(C)cc1.ClCCl. The second-order valence-corrected chi connectivity index (χ2v) is 8.52. The Bertz CT molecular complexity index is 601. The molecule has 156 valence electrons. The van der Waals surface area contributed by atoms with Crippen LogP contribution in [0.15, 0.2) is 54.5 Å². The zero-order valence-electron chi connectivity index (χ0n) is 16.4. The first kappa shape index (κ1) is 28.4. The first-order chi connectivity index (χ1) is 12.7. The fourth-order valence-corrected chi connectivity index (χ4v) is 2.71. The van der Waals surface area contributed by atoms with E-state index in [2.05, 4.69) is 13.2 Å². The normalized spacial score (nSPS) is 12.5. The number of rotatable bonds is 9. The molecular formula is C20H32Cl2O4S. The number of benzene rings is 1. The number of aryl methyl sites for hydroxylation is 1. The van der Waals surface area contributed by atoms with Gasteiger partial charge >= 0.3 is 0 Å². The number of halogens is 2. The maximum atomic E-state index is 11.8. The molecule has 0 saturated heterocycles. The van der Waals surface area contributed by atoms with Gasteiger partial charge in [-0.1, -0.05) is 43.7 Å². The molecule has 4 nitrogen and oxygen atoms in total. The zero-order chi connectivity index (χ0) is 21.3. The summed E-state index contributed by atoms with van der Waals surface area (Å²) in [5.41, 5.74) is 1.02. The number of alkyl halides is 2. The number of aliphatic hydroxyl groups excluding tert-OH is 1. The predicted molar refractivity (Wildman–Crippen MR) is 116 cm³/mol. The Morgan fingerprint density at radius 3 is 1.89 bits per heavy atom. The van der Waals surface area contributed by atoms with Crippen LogP contribution in [0.3, 0.4) is 0 Å². The predicted octanol–water partition coefficient (Wildman–Crippen LogP) is 5.52. The summed E-state index contributed by atoms with van der Waals surface area (Å²) in [4.78, 5) is 0.203. The van der Waals surface area contributed by atoms with Crippen molar-refractivity contribution in [2.45, 2.75) is 38.5 Å².